The van der Waals surface area contributed by atoms with Crippen LogP contribution in [0, 0.1) is 13.8 Å². The third kappa shape index (κ3) is 1.79. The molecule has 0 aromatic carbocycles. The molecular formula is C12H17NO. The molecule has 14 heavy (non-hydrogen) atoms. The molecule has 0 bridgehead atoms. The first-order valence-corrected chi connectivity index (χ1v) is 4.95. The Morgan fingerprint density at radius 2 is 2.21 bits per heavy atom. The van der Waals surface area contributed by atoms with Crippen LogP contribution in [0.5, 0.6) is 0 Å². The minimum atomic E-state index is 0.0143. The van der Waals surface area contributed by atoms with Crippen LogP contribution in [0.15, 0.2) is 18.7 Å². The van der Waals surface area contributed by atoms with Crippen molar-refractivity contribution in [1.29, 1.82) is 0 Å². The van der Waals surface area contributed by atoms with E-state index in [1.807, 2.05) is 19.9 Å². The van der Waals surface area contributed by atoms with Crippen molar-refractivity contribution in [2.75, 3.05) is 0 Å². The summed E-state index contributed by atoms with van der Waals surface area (Å²) in [5.41, 5.74) is 2.98. The zero-order valence-corrected chi connectivity index (χ0v) is 9.13. The van der Waals surface area contributed by atoms with Gasteiger partial charge in [-0.2, -0.15) is 0 Å². The van der Waals surface area contributed by atoms with Gasteiger partial charge in [-0.25, -0.2) is 0 Å². The first kappa shape index (κ1) is 10.8. The van der Waals surface area contributed by atoms with E-state index in [4.69, 9.17) is 0 Å². The molecule has 1 rings (SSSR count). The number of carbonyl (C=O) groups is 1. The molecule has 0 aliphatic heterocycles. The summed E-state index contributed by atoms with van der Waals surface area (Å²) in [5.74, 6) is 0.0143. The molecule has 0 atom stereocenters. The molecular weight excluding hydrogens is 174 g/mol. The normalized spacial score (nSPS) is 10.2. The van der Waals surface area contributed by atoms with Crippen molar-refractivity contribution >= 4 is 5.78 Å². The Labute approximate surface area is 85.2 Å². The molecule has 0 radical (unpaired) electrons. The predicted octanol–water partition coefficient (Wildman–Crippen LogP) is 2.88. The average Bonchev–Trinajstić information content (AvgIpc) is 2.45. The Bertz CT molecular complexity index is 361. The van der Waals surface area contributed by atoms with Crippen LogP contribution in [0.25, 0.3) is 0 Å². The highest BCUT2D eigenvalue weighted by molar-refractivity contribution is 6.05. The number of hydrogen-bond donors (Lipinski definition) is 0. The quantitative estimate of drug-likeness (QED) is 0.530. The zero-order chi connectivity index (χ0) is 10.7. The molecule has 76 valence electrons. The molecule has 2 heteroatoms. The zero-order valence-electron chi connectivity index (χ0n) is 9.13. The lowest BCUT2D eigenvalue weighted by atomic mass is 10.1. The van der Waals surface area contributed by atoms with Crippen molar-refractivity contribution in [3.63, 3.8) is 0 Å². The first-order valence-electron chi connectivity index (χ1n) is 4.95. The summed E-state index contributed by atoms with van der Waals surface area (Å²) in [6, 6.07) is 1.94. The minimum Gasteiger partial charge on any atom is -0.348 e. The van der Waals surface area contributed by atoms with Gasteiger partial charge in [0.1, 0.15) is 0 Å². The van der Waals surface area contributed by atoms with E-state index < -0.39 is 0 Å². The van der Waals surface area contributed by atoms with E-state index in [0.717, 1.165) is 29.9 Å². The standard InChI is InChI=1S/C12H17NO/c1-5-7-13-9(3)8-11(10(13)4)12(14)6-2/h6,8H,2,5,7H2,1,3-4H3. The maximum absolute atomic E-state index is 11.5. The third-order valence-corrected chi connectivity index (χ3v) is 2.47. The van der Waals surface area contributed by atoms with Crippen molar-refractivity contribution in [2.24, 2.45) is 0 Å². The molecule has 1 aromatic rings. The summed E-state index contributed by atoms with van der Waals surface area (Å²) < 4.78 is 2.18. The largest absolute Gasteiger partial charge is 0.348 e. The number of aryl methyl sites for hydroxylation is 1. The summed E-state index contributed by atoms with van der Waals surface area (Å²) in [6.07, 6.45) is 2.45. The highest BCUT2D eigenvalue weighted by Gasteiger charge is 2.12. The van der Waals surface area contributed by atoms with E-state index in [-0.39, 0.29) is 5.78 Å². The molecule has 0 unspecified atom stereocenters. The van der Waals surface area contributed by atoms with Gasteiger partial charge in [0.05, 0.1) is 0 Å². The van der Waals surface area contributed by atoms with Gasteiger partial charge in [-0.1, -0.05) is 13.5 Å². The van der Waals surface area contributed by atoms with Crippen molar-refractivity contribution in [1.82, 2.24) is 4.57 Å². The van der Waals surface area contributed by atoms with Gasteiger partial charge < -0.3 is 4.57 Å². The van der Waals surface area contributed by atoms with E-state index in [1.54, 1.807) is 0 Å². The van der Waals surface area contributed by atoms with E-state index in [9.17, 15) is 4.79 Å². The van der Waals surface area contributed by atoms with Gasteiger partial charge in [-0.3, -0.25) is 4.79 Å². The van der Waals surface area contributed by atoms with Crippen molar-refractivity contribution in [3.8, 4) is 0 Å². The molecule has 1 aromatic heterocycles. The Morgan fingerprint density at radius 3 is 2.71 bits per heavy atom. The van der Waals surface area contributed by atoms with Gasteiger partial charge in [0.25, 0.3) is 0 Å². The smallest absolute Gasteiger partial charge is 0.187 e. The minimum absolute atomic E-state index is 0.0143. The maximum atomic E-state index is 11.5. The fourth-order valence-corrected chi connectivity index (χ4v) is 1.73. The lowest BCUT2D eigenvalue weighted by molar-refractivity contribution is 0.104. The molecule has 0 saturated heterocycles. The van der Waals surface area contributed by atoms with Gasteiger partial charge in [0.15, 0.2) is 5.78 Å². The Hall–Kier alpha value is -1.31. The second-order valence-corrected chi connectivity index (χ2v) is 3.50. The summed E-state index contributed by atoms with van der Waals surface area (Å²) >= 11 is 0. The lowest BCUT2D eigenvalue weighted by Gasteiger charge is -2.06. The van der Waals surface area contributed by atoms with E-state index in [0.29, 0.717) is 0 Å². The van der Waals surface area contributed by atoms with Crippen LogP contribution in [-0.2, 0) is 6.54 Å². The van der Waals surface area contributed by atoms with Crippen LogP contribution in [0.1, 0.15) is 35.1 Å². The maximum Gasteiger partial charge on any atom is 0.187 e. The summed E-state index contributed by atoms with van der Waals surface area (Å²) in [6.45, 7) is 10.6. The van der Waals surface area contributed by atoms with Gasteiger partial charge >= 0.3 is 0 Å². The number of nitrogens with zero attached hydrogens (tertiary/aromatic N) is 1. The summed E-state index contributed by atoms with van der Waals surface area (Å²) in [4.78, 5) is 11.5. The molecule has 0 aliphatic carbocycles. The fraction of sp³-hybridized carbons (Fsp3) is 0.417. The van der Waals surface area contributed by atoms with Crippen molar-refractivity contribution in [2.45, 2.75) is 33.7 Å². The van der Waals surface area contributed by atoms with Crippen molar-refractivity contribution < 1.29 is 4.79 Å². The Balaban J connectivity index is 3.16. The molecule has 0 spiro atoms. The van der Waals surface area contributed by atoms with Crippen LogP contribution in [0.2, 0.25) is 0 Å². The molecule has 2 nitrogen and oxygen atoms in total. The molecule has 0 amide bonds. The topological polar surface area (TPSA) is 22.0 Å². The predicted molar refractivity (Wildman–Crippen MR) is 58.7 cm³/mol. The number of ketones is 1. The lowest BCUT2D eigenvalue weighted by Crippen LogP contribution is -2.03. The van der Waals surface area contributed by atoms with Gasteiger partial charge in [0.2, 0.25) is 0 Å². The molecule has 0 N–H and O–H groups in total. The van der Waals surface area contributed by atoms with E-state index >= 15 is 0 Å². The van der Waals surface area contributed by atoms with Crippen LogP contribution >= 0.6 is 0 Å². The molecule has 0 aliphatic rings. The number of carbonyl (C=O) groups excluding carboxylic acids is 1. The Kier molecular flexibility index (Phi) is 3.28. The van der Waals surface area contributed by atoms with Crippen LogP contribution in [0.4, 0.5) is 0 Å². The number of rotatable bonds is 4. The van der Waals surface area contributed by atoms with Crippen LogP contribution in [-0.4, -0.2) is 10.4 Å². The number of aromatic nitrogens is 1. The SMILES string of the molecule is C=CC(=O)c1cc(C)n(CCC)c1C. The Morgan fingerprint density at radius 1 is 1.57 bits per heavy atom. The second-order valence-electron chi connectivity index (χ2n) is 3.50. The van der Waals surface area contributed by atoms with E-state index in [2.05, 4.69) is 18.1 Å². The summed E-state index contributed by atoms with van der Waals surface area (Å²) in [5, 5.41) is 0. The van der Waals surface area contributed by atoms with Crippen LogP contribution < -0.4 is 0 Å². The highest BCUT2D eigenvalue weighted by Crippen LogP contribution is 2.16. The van der Waals surface area contributed by atoms with Gasteiger partial charge in [-0.15, -0.1) is 0 Å². The van der Waals surface area contributed by atoms with E-state index in [1.165, 1.54) is 6.08 Å². The molecule has 0 fully saturated rings. The second kappa shape index (κ2) is 4.27. The van der Waals surface area contributed by atoms with Crippen LogP contribution in [0.3, 0.4) is 0 Å². The fourth-order valence-electron chi connectivity index (χ4n) is 1.73. The molecule has 0 saturated carbocycles. The summed E-state index contributed by atoms with van der Waals surface area (Å²) in [7, 11) is 0. The monoisotopic (exact) mass is 191 g/mol. The first-order chi connectivity index (χ1) is 6.61. The number of allylic oxidation sites excluding steroid dienone is 1. The van der Waals surface area contributed by atoms with Gasteiger partial charge in [-0.05, 0) is 32.4 Å². The van der Waals surface area contributed by atoms with Gasteiger partial charge in [0, 0.05) is 23.5 Å². The highest BCUT2D eigenvalue weighted by atomic mass is 16.1. The third-order valence-electron chi connectivity index (χ3n) is 2.47. The average molecular weight is 191 g/mol. The molecule has 1 heterocycles. The number of hydrogen-bond acceptors (Lipinski definition) is 1. The van der Waals surface area contributed by atoms with Crippen molar-refractivity contribution in [3.05, 3.63) is 35.7 Å².